The van der Waals surface area contributed by atoms with E-state index in [2.05, 4.69) is 10.2 Å². The lowest BCUT2D eigenvalue weighted by Gasteiger charge is -2.08. The third-order valence-electron chi connectivity index (χ3n) is 2.72. The van der Waals surface area contributed by atoms with Crippen molar-refractivity contribution in [2.45, 2.75) is 5.88 Å². The summed E-state index contributed by atoms with van der Waals surface area (Å²) in [6, 6.07) is 4.64. The fraction of sp³-hybridized carbons (Fsp3) is 0.273. The summed E-state index contributed by atoms with van der Waals surface area (Å²) < 4.78 is 6.81. The minimum Gasteiger partial charge on any atom is -0.490 e. The molecule has 0 amide bonds. The number of alkyl halides is 1. The molecule has 2 aromatic rings. The molecule has 0 aliphatic heterocycles. The highest BCUT2D eigenvalue weighted by atomic mass is 35.5. The number of nitro groups is 1. The number of nitro benzene ring substituents is 1. The van der Waals surface area contributed by atoms with E-state index in [0.717, 1.165) is 0 Å². The number of benzene rings is 1. The van der Waals surface area contributed by atoms with Crippen molar-refractivity contribution in [2.75, 3.05) is 7.11 Å². The Labute approximate surface area is 113 Å². The van der Waals surface area contributed by atoms with Gasteiger partial charge in [0.15, 0.2) is 5.82 Å². The van der Waals surface area contributed by atoms with Crippen LogP contribution in [0.25, 0.3) is 11.4 Å². The van der Waals surface area contributed by atoms with Gasteiger partial charge in [-0.15, -0.1) is 21.8 Å². The molecule has 100 valence electrons. The Hall–Kier alpha value is -2.15. The quantitative estimate of drug-likeness (QED) is 0.487. The zero-order valence-electron chi connectivity index (χ0n) is 10.3. The van der Waals surface area contributed by atoms with Crippen LogP contribution in [-0.2, 0) is 12.9 Å². The van der Waals surface area contributed by atoms with E-state index in [0.29, 0.717) is 17.2 Å². The highest BCUT2D eigenvalue weighted by Gasteiger charge is 2.22. The Morgan fingerprint density at radius 1 is 1.47 bits per heavy atom. The average molecular weight is 283 g/mol. The molecule has 19 heavy (non-hydrogen) atoms. The second-order valence-corrected chi connectivity index (χ2v) is 4.01. The highest BCUT2D eigenvalue weighted by Crippen LogP contribution is 2.36. The number of aromatic nitrogens is 3. The Bertz CT molecular complexity index is 626. The van der Waals surface area contributed by atoms with Crippen LogP contribution in [0.3, 0.4) is 0 Å². The van der Waals surface area contributed by atoms with Crippen molar-refractivity contribution in [1.82, 2.24) is 14.8 Å². The number of hydrogen-bond donors (Lipinski definition) is 0. The van der Waals surface area contributed by atoms with E-state index in [-0.39, 0.29) is 17.3 Å². The van der Waals surface area contributed by atoms with Crippen LogP contribution < -0.4 is 4.74 Å². The SMILES string of the molecule is COc1c(-c2nnc(CCl)n2C)cccc1[N+](=O)[O-]. The van der Waals surface area contributed by atoms with E-state index in [1.165, 1.54) is 13.2 Å². The molecule has 0 spiro atoms. The lowest BCUT2D eigenvalue weighted by molar-refractivity contribution is -0.385. The standard InChI is InChI=1S/C11H11ClN4O3/c1-15-9(6-12)13-14-11(15)7-4-3-5-8(16(17)18)10(7)19-2/h3-5H,6H2,1-2H3. The molecule has 1 heterocycles. The van der Waals surface area contributed by atoms with Crippen LogP contribution in [-0.4, -0.2) is 26.8 Å². The summed E-state index contributed by atoms with van der Waals surface area (Å²) in [7, 11) is 3.12. The number of para-hydroxylation sites is 1. The highest BCUT2D eigenvalue weighted by molar-refractivity contribution is 6.16. The molecule has 0 unspecified atom stereocenters. The van der Waals surface area contributed by atoms with Gasteiger partial charge in [-0.2, -0.15) is 0 Å². The van der Waals surface area contributed by atoms with E-state index in [4.69, 9.17) is 16.3 Å². The largest absolute Gasteiger partial charge is 0.490 e. The zero-order chi connectivity index (χ0) is 14.0. The van der Waals surface area contributed by atoms with Crippen molar-refractivity contribution in [3.05, 3.63) is 34.1 Å². The van der Waals surface area contributed by atoms with E-state index < -0.39 is 4.92 Å². The third kappa shape index (κ3) is 2.24. The van der Waals surface area contributed by atoms with Crippen LogP contribution in [0.4, 0.5) is 5.69 Å². The smallest absolute Gasteiger partial charge is 0.311 e. The monoisotopic (exact) mass is 282 g/mol. The molecule has 0 bridgehead atoms. The second kappa shape index (κ2) is 5.23. The molecular formula is C11H11ClN4O3. The Balaban J connectivity index is 2.65. The Morgan fingerprint density at radius 3 is 2.74 bits per heavy atom. The molecule has 0 N–H and O–H groups in total. The molecule has 0 aliphatic rings. The number of halogens is 1. The normalized spacial score (nSPS) is 10.5. The maximum absolute atomic E-state index is 11.0. The van der Waals surface area contributed by atoms with E-state index in [1.807, 2.05) is 0 Å². The lowest BCUT2D eigenvalue weighted by Crippen LogP contribution is -2.00. The van der Waals surface area contributed by atoms with Gasteiger partial charge in [-0.25, -0.2) is 0 Å². The predicted octanol–water partition coefficient (Wildman–Crippen LogP) is 2.14. The van der Waals surface area contributed by atoms with Crippen LogP contribution in [0.15, 0.2) is 18.2 Å². The number of nitrogens with zero attached hydrogens (tertiary/aromatic N) is 4. The molecule has 2 rings (SSSR count). The van der Waals surface area contributed by atoms with Crippen molar-refractivity contribution in [2.24, 2.45) is 7.05 Å². The summed E-state index contributed by atoms with van der Waals surface area (Å²) in [6.07, 6.45) is 0. The molecule has 1 aromatic carbocycles. The van der Waals surface area contributed by atoms with Crippen LogP contribution in [0.1, 0.15) is 5.82 Å². The van der Waals surface area contributed by atoms with Gasteiger partial charge in [0.05, 0.1) is 23.5 Å². The van der Waals surface area contributed by atoms with Crippen LogP contribution in [0, 0.1) is 10.1 Å². The van der Waals surface area contributed by atoms with Crippen LogP contribution in [0.5, 0.6) is 5.75 Å². The van der Waals surface area contributed by atoms with E-state index >= 15 is 0 Å². The van der Waals surface area contributed by atoms with Gasteiger partial charge in [0.2, 0.25) is 5.75 Å². The predicted molar refractivity (Wildman–Crippen MR) is 69.2 cm³/mol. The maximum Gasteiger partial charge on any atom is 0.311 e. The van der Waals surface area contributed by atoms with Crippen molar-refractivity contribution >= 4 is 17.3 Å². The Morgan fingerprint density at radius 2 is 2.21 bits per heavy atom. The van der Waals surface area contributed by atoms with Crippen LogP contribution >= 0.6 is 11.6 Å². The molecule has 0 radical (unpaired) electrons. The number of hydrogen-bond acceptors (Lipinski definition) is 5. The van der Waals surface area contributed by atoms with Gasteiger partial charge in [-0.3, -0.25) is 10.1 Å². The first-order valence-electron chi connectivity index (χ1n) is 5.36. The van der Waals surface area contributed by atoms with Gasteiger partial charge in [-0.05, 0) is 6.07 Å². The molecule has 0 fully saturated rings. The maximum atomic E-state index is 11.0. The van der Waals surface area contributed by atoms with Gasteiger partial charge >= 0.3 is 5.69 Å². The molecule has 0 saturated carbocycles. The van der Waals surface area contributed by atoms with Crippen molar-refractivity contribution in [3.63, 3.8) is 0 Å². The van der Waals surface area contributed by atoms with Gasteiger partial charge in [0.25, 0.3) is 0 Å². The number of ether oxygens (including phenoxy) is 1. The first kappa shape index (κ1) is 13.3. The lowest BCUT2D eigenvalue weighted by atomic mass is 10.1. The molecule has 0 atom stereocenters. The zero-order valence-corrected chi connectivity index (χ0v) is 11.1. The molecule has 1 aromatic heterocycles. The van der Waals surface area contributed by atoms with Gasteiger partial charge in [0.1, 0.15) is 5.82 Å². The summed E-state index contributed by atoms with van der Waals surface area (Å²) in [5.74, 6) is 1.41. The molecule has 8 heteroatoms. The third-order valence-corrected chi connectivity index (χ3v) is 2.96. The first-order valence-corrected chi connectivity index (χ1v) is 5.89. The summed E-state index contributed by atoms with van der Waals surface area (Å²) >= 11 is 5.73. The van der Waals surface area contributed by atoms with Gasteiger partial charge in [-0.1, -0.05) is 6.07 Å². The summed E-state index contributed by atoms with van der Waals surface area (Å²) in [5, 5.41) is 18.9. The van der Waals surface area contributed by atoms with Gasteiger partial charge < -0.3 is 9.30 Å². The first-order chi connectivity index (χ1) is 9.10. The molecule has 7 nitrogen and oxygen atoms in total. The minimum absolute atomic E-state index is 0.115. The molecule has 0 aliphatic carbocycles. The second-order valence-electron chi connectivity index (χ2n) is 3.75. The minimum atomic E-state index is -0.499. The van der Waals surface area contributed by atoms with E-state index in [1.54, 1.807) is 23.7 Å². The van der Waals surface area contributed by atoms with Crippen molar-refractivity contribution in [1.29, 1.82) is 0 Å². The molecule has 0 saturated heterocycles. The summed E-state index contributed by atoms with van der Waals surface area (Å²) in [6.45, 7) is 0. The van der Waals surface area contributed by atoms with E-state index in [9.17, 15) is 10.1 Å². The summed E-state index contributed by atoms with van der Waals surface area (Å²) in [4.78, 5) is 10.5. The average Bonchev–Trinajstić information content (AvgIpc) is 2.78. The summed E-state index contributed by atoms with van der Waals surface area (Å²) in [5.41, 5.74) is 0.387. The van der Waals surface area contributed by atoms with Gasteiger partial charge in [0, 0.05) is 13.1 Å². The fourth-order valence-corrected chi connectivity index (χ4v) is 2.00. The number of rotatable bonds is 4. The molecular weight excluding hydrogens is 272 g/mol. The van der Waals surface area contributed by atoms with Crippen molar-refractivity contribution in [3.8, 4) is 17.1 Å². The van der Waals surface area contributed by atoms with Crippen molar-refractivity contribution < 1.29 is 9.66 Å². The number of methoxy groups -OCH3 is 1. The van der Waals surface area contributed by atoms with Crippen LogP contribution in [0.2, 0.25) is 0 Å². The Kier molecular flexibility index (Phi) is 3.66. The fourth-order valence-electron chi connectivity index (χ4n) is 1.77. The topological polar surface area (TPSA) is 83.1 Å².